The minimum absolute atomic E-state index is 0.132. The smallest absolute Gasteiger partial charge is 0.220 e. The third-order valence-corrected chi connectivity index (χ3v) is 4.25. The molecule has 2 heterocycles. The van der Waals surface area contributed by atoms with Gasteiger partial charge in [-0.05, 0) is 59.4 Å². The van der Waals surface area contributed by atoms with E-state index in [9.17, 15) is 4.79 Å². The number of piperidine rings is 1. The minimum Gasteiger partial charge on any atom is -0.354 e. The monoisotopic (exact) mass is 373 g/mol. The van der Waals surface area contributed by atoms with Crippen LogP contribution in [0.15, 0.2) is 18.2 Å². The van der Waals surface area contributed by atoms with Gasteiger partial charge in [0.25, 0.3) is 0 Å². The van der Waals surface area contributed by atoms with Crippen LogP contribution in [-0.4, -0.2) is 22.0 Å². The molecule has 6 heteroatoms. The maximum atomic E-state index is 11.2. The van der Waals surface area contributed by atoms with Crippen LogP contribution < -0.4 is 5.32 Å². The highest BCUT2D eigenvalue weighted by Gasteiger charge is 2.21. The molecule has 1 fully saturated rings. The van der Waals surface area contributed by atoms with Crippen molar-refractivity contribution in [2.75, 3.05) is 6.54 Å². The maximum Gasteiger partial charge on any atom is 0.220 e. The van der Waals surface area contributed by atoms with E-state index in [-0.39, 0.29) is 11.9 Å². The molecule has 0 spiro atoms. The predicted molar refractivity (Wildman–Crippen MR) is 81.1 cm³/mol. The van der Waals surface area contributed by atoms with Crippen LogP contribution in [0.5, 0.6) is 0 Å². The van der Waals surface area contributed by atoms with Gasteiger partial charge in [0.05, 0.1) is 17.1 Å². The summed E-state index contributed by atoms with van der Waals surface area (Å²) in [6.07, 6.45) is 1.42. The fourth-order valence-electron chi connectivity index (χ4n) is 2.41. The number of hydrogen-bond acceptors (Lipinski definition) is 2. The van der Waals surface area contributed by atoms with Crippen molar-refractivity contribution in [1.82, 2.24) is 14.9 Å². The summed E-state index contributed by atoms with van der Waals surface area (Å²) in [4.78, 5) is 14.5. The van der Waals surface area contributed by atoms with E-state index in [0.717, 1.165) is 22.2 Å². The first kappa shape index (κ1) is 12.2. The van der Waals surface area contributed by atoms with Crippen molar-refractivity contribution in [2.24, 2.45) is 0 Å². The molecule has 1 amide bonds. The number of imidazole rings is 1. The van der Waals surface area contributed by atoms with Crippen LogP contribution in [0, 0.1) is 8.34 Å². The summed E-state index contributed by atoms with van der Waals surface area (Å²) in [7, 11) is 0. The summed E-state index contributed by atoms with van der Waals surface area (Å²) < 4.78 is 4.04. The molecule has 1 aliphatic rings. The summed E-state index contributed by atoms with van der Waals surface area (Å²) in [6, 6.07) is 6.50. The van der Waals surface area contributed by atoms with E-state index in [1.54, 1.807) is 0 Å². The fourth-order valence-corrected chi connectivity index (χ4v) is 3.25. The molecular weight excluding hydrogens is 361 g/mol. The van der Waals surface area contributed by atoms with Crippen molar-refractivity contribution < 1.29 is 4.79 Å². The van der Waals surface area contributed by atoms with Crippen molar-refractivity contribution in [2.45, 2.75) is 18.9 Å². The number of carbonyl (C=O) groups is 1. The molecule has 1 aromatic carbocycles. The average Bonchev–Trinajstić information content (AvgIpc) is 2.65. The van der Waals surface area contributed by atoms with Gasteiger partial charge in [0.1, 0.15) is 0 Å². The first-order chi connectivity index (χ1) is 8.65. The number of amides is 1. The van der Waals surface area contributed by atoms with Crippen LogP contribution in [0.1, 0.15) is 18.9 Å². The van der Waals surface area contributed by atoms with Crippen molar-refractivity contribution in [3.63, 3.8) is 0 Å². The second-order valence-electron chi connectivity index (χ2n) is 4.46. The number of rotatable bonds is 1. The Hall–Kier alpha value is -0.890. The lowest BCUT2D eigenvalue weighted by Gasteiger charge is -2.24. The molecule has 0 bridgehead atoms. The molecule has 0 aliphatic carbocycles. The molecule has 94 valence electrons. The van der Waals surface area contributed by atoms with Crippen molar-refractivity contribution in [3.05, 3.63) is 26.5 Å². The van der Waals surface area contributed by atoms with Crippen LogP contribution in [0.25, 0.3) is 11.0 Å². The Morgan fingerprint density at radius 2 is 2.28 bits per heavy atom. The lowest BCUT2D eigenvalue weighted by atomic mass is 10.1. The molecular formula is C12H12IN3OS. The number of H-pyrrole nitrogens is 1. The van der Waals surface area contributed by atoms with Gasteiger partial charge < -0.3 is 14.9 Å². The molecule has 1 saturated heterocycles. The highest BCUT2D eigenvalue weighted by Crippen LogP contribution is 2.25. The number of aromatic nitrogens is 2. The lowest BCUT2D eigenvalue weighted by Crippen LogP contribution is -2.36. The number of nitrogens with one attached hydrogen (secondary N) is 2. The van der Waals surface area contributed by atoms with E-state index in [1.165, 1.54) is 3.57 Å². The second-order valence-corrected chi connectivity index (χ2v) is 6.09. The average molecular weight is 373 g/mol. The van der Waals surface area contributed by atoms with Gasteiger partial charge in [0.2, 0.25) is 5.91 Å². The Bertz CT molecular complexity index is 666. The van der Waals surface area contributed by atoms with E-state index in [4.69, 9.17) is 12.2 Å². The third-order valence-electron chi connectivity index (χ3n) is 3.28. The highest BCUT2D eigenvalue weighted by molar-refractivity contribution is 14.1. The lowest BCUT2D eigenvalue weighted by molar-refractivity contribution is -0.122. The number of carbonyl (C=O) groups excluding carboxylic acids is 1. The van der Waals surface area contributed by atoms with Gasteiger partial charge >= 0.3 is 0 Å². The van der Waals surface area contributed by atoms with Gasteiger partial charge in [0.15, 0.2) is 4.77 Å². The quantitative estimate of drug-likeness (QED) is 0.597. The SMILES string of the molecule is O=C1CCC(n2c(=S)[nH]c3cc(I)ccc32)CN1. The van der Waals surface area contributed by atoms with Crippen molar-refractivity contribution >= 4 is 51.7 Å². The molecule has 2 N–H and O–H groups in total. The Morgan fingerprint density at radius 3 is 3.00 bits per heavy atom. The number of hydrogen-bond donors (Lipinski definition) is 2. The molecule has 2 aromatic rings. The summed E-state index contributed by atoms with van der Waals surface area (Å²) >= 11 is 7.68. The first-order valence-corrected chi connectivity index (χ1v) is 7.30. The van der Waals surface area contributed by atoms with E-state index in [0.29, 0.717) is 13.0 Å². The minimum atomic E-state index is 0.132. The Labute approximate surface area is 123 Å². The molecule has 3 rings (SSSR count). The van der Waals surface area contributed by atoms with Crippen LogP contribution in [0.2, 0.25) is 0 Å². The highest BCUT2D eigenvalue weighted by atomic mass is 127. The van der Waals surface area contributed by atoms with Gasteiger partial charge in [-0.2, -0.15) is 0 Å². The molecule has 1 unspecified atom stereocenters. The zero-order valence-electron chi connectivity index (χ0n) is 9.57. The molecule has 1 aliphatic heterocycles. The zero-order chi connectivity index (χ0) is 12.7. The van der Waals surface area contributed by atoms with Crippen LogP contribution in [0.4, 0.5) is 0 Å². The van der Waals surface area contributed by atoms with Gasteiger partial charge in [-0.1, -0.05) is 0 Å². The standard InChI is InChI=1S/C12H12IN3OS/c13-7-1-3-10-9(5-7)15-12(18)16(10)8-2-4-11(17)14-6-8/h1,3,5,8H,2,4,6H2,(H,14,17)(H,15,18). The van der Waals surface area contributed by atoms with E-state index >= 15 is 0 Å². The first-order valence-electron chi connectivity index (χ1n) is 5.81. The summed E-state index contributed by atoms with van der Waals surface area (Å²) in [5, 5.41) is 2.90. The second kappa shape index (κ2) is 4.65. The molecule has 1 atom stereocenters. The third kappa shape index (κ3) is 2.07. The van der Waals surface area contributed by atoms with Crippen LogP contribution >= 0.6 is 34.8 Å². The number of nitrogens with zero attached hydrogens (tertiary/aromatic N) is 1. The van der Waals surface area contributed by atoms with Gasteiger partial charge in [-0.15, -0.1) is 0 Å². The van der Waals surface area contributed by atoms with E-state index in [1.807, 2.05) is 0 Å². The fraction of sp³-hybridized carbons (Fsp3) is 0.333. The number of benzene rings is 1. The van der Waals surface area contributed by atoms with Crippen molar-refractivity contribution in [1.29, 1.82) is 0 Å². The zero-order valence-corrected chi connectivity index (χ0v) is 12.5. The molecule has 18 heavy (non-hydrogen) atoms. The van der Waals surface area contributed by atoms with E-state index in [2.05, 4.69) is 55.7 Å². The Morgan fingerprint density at radius 1 is 1.44 bits per heavy atom. The molecule has 4 nitrogen and oxygen atoms in total. The summed E-state index contributed by atoms with van der Waals surface area (Å²) in [5.74, 6) is 0.132. The predicted octanol–water partition coefficient (Wildman–Crippen LogP) is 2.75. The Balaban J connectivity index is 2.08. The van der Waals surface area contributed by atoms with Gasteiger partial charge in [-0.25, -0.2) is 0 Å². The van der Waals surface area contributed by atoms with Crippen LogP contribution in [0.3, 0.4) is 0 Å². The molecule has 1 aromatic heterocycles. The normalized spacial score (nSPS) is 20.1. The topological polar surface area (TPSA) is 49.8 Å². The maximum absolute atomic E-state index is 11.2. The number of fused-ring (bicyclic) bond motifs is 1. The van der Waals surface area contributed by atoms with E-state index < -0.39 is 0 Å². The molecule has 0 radical (unpaired) electrons. The Kier molecular flexibility index (Phi) is 3.14. The summed E-state index contributed by atoms with van der Waals surface area (Å²) in [6.45, 7) is 0.659. The largest absolute Gasteiger partial charge is 0.354 e. The van der Waals surface area contributed by atoms with Crippen molar-refractivity contribution in [3.8, 4) is 0 Å². The summed E-state index contributed by atoms with van der Waals surface area (Å²) in [5.41, 5.74) is 2.17. The van der Waals surface area contributed by atoms with Gasteiger partial charge in [0, 0.05) is 16.5 Å². The van der Waals surface area contributed by atoms with Crippen LogP contribution in [-0.2, 0) is 4.79 Å². The van der Waals surface area contributed by atoms with Gasteiger partial charge in [-0.3, -0.25) is 4.79 Å². The number of aromatic amines is 1. The molecule has 0 saturated carbocycles. The number of halogens is 1.